The van der Waals surface area contributed by atoms with Crippen LogP contribution in [0.2, 0.25) is 0 Å². The van der Waals surface area contributed by atoms with Crippen molar-refractivity contribution in [3.05, 3.63) is 53.8 Å². The van der Waals surface area contributed by atoms with Crippen molar-refractivity contribution in [3.63, 3.8) is 0 Å². The molecule has 0 aromatic heterocycles. The molecular weight excluding hydrogens is 468 g/mol. The zero-order valence-electron chi connectivity index (χ0n) is 23.0. The second kappa shape index (κ2) is 16.3. The number of esters is 1. The maximum Gasteiger partial charge on any atom is 0.373 e. The third kappa shape index (κ3) is 9.48. The minimum absolute atomic E-state index is 0.106. The summed E-state index contributed by atoms with van der Waals surface area (Å²) in [5, 5.41) is 3.01. The maximum atomic E-state index is 12.7. The molecule has 0 radical (unpaired) electrons. The summed E-state index contributed by atoms with van der Waals surface area (Å²) in [5.41, 5.74) is 3.37. The Balaban J connectivity index is 2.25. The minimum atomic E-state index is -0.546. The van der Waals surface area contributed by atoms with Crippen LogP contribution in [-0.4, -0.2) is 46.4 Å². The smallest absolute Gasteiger partial charge is 0.373 e. The molecule has 202 valence electrons. The third-order valence-corrected chi connectivity index (χ3v) is 6.07. The van der Waals surface area contributed by atoms with Crippen molar-refractivity contribution >= 4 is 23.8 Å². The molecule has 7 nitrogen and oxygen atoms in total. The molecular formula is C30H42N2O5. The molecule has 0 aliphatic rings. The van der Waals surface area contributed by atoms with Gasteiger partial charge in [-0.2, -0.15) is 0 Å². The molecule has 0 spiro atoms. The van der Waals surface area contributed by atoms with Crippen LogP contribution in [0.4, 0.5) is 10.5 Å². The van der Waals surface area contributed by atoms with E-state index in [0.29, 0.717) is 18.9 Å². The lowest BCUT2D eigenvalue weighted by molar-refractivity contribution is -0.139. The van der Waals surface area contributed by atoms with Crippen LogP contribution in [0.15, 0.2) is 48.2 Å². The first-order valence-corrected chi connectivity index (χ1v) is 13.2. The second-order valence-corrected chi connectivity index (χ2v) is 8.92. The van der Waals surface area contributed by atoms with Gasteiger partial charge in [-0.25, -0.2) is 9.59 Å². The first kappa shape index (κ1) is 29.7. The first-order valence-electron chi connectivity index (χ1n) is 13.2. The van der Waals surface area contributed by atoms with Crippen molar-refractivity contribution < 1.29 is 23.8 Å². The first-order chi connectivity index (χ1) is 17.9. The number of nitrogens with one attached hydrogen (secondary N) is 1. The number of carbonyl (C=O) groups is 2. The summed E-state index contributed by atoms with van der Waals surface area (Å²) in [4.78, 5) is 26.3. The van der Waals surface area contributed by atoms with Crippen LogP contribution in [0.1, 0.15) is 64.4 Å². The summed E-state index contributed by atoms with van der Waals surface area (Å²) in [6.07, 6.45) is 9.32. The molecule has 2 aromatic carbocycles. The van der Waals surface area contributed by atoms with Crippen molar-refractivity contribution in [2.75, 3.05) is 39.3 Å². The number of ether oxygens (including phenoxy) is 3. The number of unbranched alkanes of at least 4 members (excludes halogenated alkanes) is 5. The lowest BCUT2D eigenvalue weighted by atomic mass is 10.0. The van der Waals surface area contributed by atoms with Gasteiger partial charge in [0.25, 0.3) is 0 Å². The Morgan fingerprint density at radius 1 is 0.919 bits per heavy atom. The van der Waals surface area contributed by atoms with Gasteiger partial charge in [-0.15, -0.1) is 0 Å². The Morgan fingerprint density at radius 3 is 2.38 bits per heavy atom. The summed E-state index contributed by atoms with van der Waals surface area (Å²) in [5.74, 6) is 0.253. The van der Waals surface area contributed by atoms with Crippen molar-refractivity contribution in [2.45, 2.75) is 58.8 Å². The van der Waals surface area contributed by atoms with Gasteiger partial charge in [-0.3, -0.25) is 4.90 Å². The molecule has 0 unspecified atom stereocenters. The molecule has 0 saturated heterocycles. The Kier molecular flexibility index (Phi) is 13.1. The largest absolute Gasteiger partial charge is 0.493 e. The number of benzene rings is 2. The quantitative estimate of drug-likeness (QED) is 0.123. The zero-order valence-corrected chi connectivity index (χ0v) is 23.0. The van der Waals surface area contributed by atoms with Crippen LogP contribution in [0.25, 0.3) is 17.2 Å². The van der Waals surface area contributed by atoms with Gasteiger partial charge < -0.3 is 19.5 Å². The zero-order chi connectivity index (χ0) is 27.0. The Bertz CT molecular complexity index is 1030. The number of methoxy groups -OCH3 is 2. The fraction of sp³-hybridized carbons (Fsp3) is 0.467. The second-order valence-electron chi connectivity index (χ2n) is 8.92. The minimum Gasteiger partial charge on any atom is -0.493 e. The molecule has 0 saturated carbocycles. The Morgan fingerprint density at radius 2 is 1.68 bits per heavy atom. The van der Waals surface area contributed by atoms with Crippen molar-refractivity contribution in [1.82, 2.24) is 5.32 Å². The molecule has 1 N–H and O–H groups in total. The molecule has 0 fully saturated rings. The van der Waals surface area contributed by atoms with E-state index >= 15 is 0 Å². The highest BCUT2D eigenvalue weighted by atomic mass is 16.6. The number of urea groups is 1. The molecule has 0 aliphatic carbocycles. The number of carbonyl (C=O) groups excluding carboxylic acids is 2. The van der Waals surface area contributed by atoms with Gasteiger partial charge in [0.05, 0.1) is 20.8 Å². The van der Waals surface area contributed by atoms with E-state index in [4.69, 9.17) is 14.2 Å². The number of hydrogen-bond acceptors (Lipinski definition) is 5. The van der Waals surface area contributed by atoms with Gasteiger partial charge in [-0.1, -0.05) is 70.2 Å². The maximum absolute atomic E-state index is 12.7. The number of rotatable bonds is 15. The lowest BCUT2D eigenvalue weighted by Gasteiger charge is -2.20. The van der Waals surface area contributed by atoms with E-state index in [1.165, 1.54) is 33.5 Å². The average molecular weight is 511 g/mol. The average Bonchev–Trinajstić information content (AvgIpc) is 2.93. The fourth-order valence-corrected chi connectivity index (χ4v) is 3.81. The molecule has 2 rings (SSSR count). The van der Waals surface area contributed by atoms with E-state index in [1.807, 2.05) is 42.5 Å². The van der Waals surface area contributed by atoms with Crippen LogP contribution in [0, 0.1) is 0 Å². The van der Waals surface area contributed by atoms with E-state index in [9.17, 15) is 9.59 Å². The number of hydrogen-bond donors (Lipinski definition) is 1. The van der Waals surface area contributed by atoms with Crippen LogP contribution >= 0.6 is 0 Å². The summed E-state index contributed by atoms with van der Waals surface area (Å²) in [6, 6.07) is 13.4. The highest BCUT2D eigenvalue weighted by molar-refractivity contribution is 5.93. The van der Waals surface area contributed by atoms with E-state index in [2.05, 4.69) is 19.2 Å². The Labute approximate surface area is 221 Å². The molecule has 0 aliphatic heterocycles. The summed E-state index contributed by atoms with van der Waals surface area (Å²) < 4.78 is 16.1. The fourth-order valence-electron chi connectivity index (χ4n) is 3.81. The standard InChI is InChI=1S/C30H42N2O5/c1-6-8-10-11-12-18-31-30(34)32(3)25-15-13-14-24(22-25)26-17-16-23(20-27(26)37-19-9-7-2)21-28(35-4)29(33)36-5/h13-17,20-22H,6-12,18-19H2,1-5H3,(H,31,34)/b28-21-. The van der Waals surface area contributed by atoms with Crippen LogP contribution in [0.5, 0.6) is 5.75 Å². The predicted molar refractivity (Wildman–Crippen MR) is 150 cm³/mol. The summed E-state index contributed by atoms with van der Waals surface area (Å²) in [6.45, 7) is 5.55. The highest BCUT2D eigenvalue weighted by Crippen LogP contribution is 2.34. The van der Waals surface area contributed by atoms with E-state index in [1.54, 1.807) is 18.0 Å². The molecule has 37 heavy (non-hydrogen) atoms. The van der Waals surface area contributed by atoms with Gasteiger partial charge in [0.2, 0.25) is 5.76 Å². The van der Waals surface area contributed by atoms with Crippen molar-refractivity contribution in [3.8, 4) is 16.9 Å². The topological polar surface area (TPSA) is 77.1 Å². The summed E-state index contributed by atoms with van der Waals surface area (Å²) >= 11 is 0. The molecule has 7 heteroatoms. The summed E-state index contributed by atoms with van der Waals surface area (Å²) in [7, 11) is 4.52. The molecule has 0 bridgehead atoms. The number of amides is 2. The van der Waals surface area contributed by atoms with Crippen molar-refractivity contribution in [1.29, 1.82) is 0 Å². The number of anilines is 1. The van der Waals surface area contributed by atoms with Crippen LogP contribution in [-0.2, 0) is 14.3 Å². The normalized spacial score (nSPS) is 11.1. The van der Waals surface area contributed by atoms with E-state index in [0.717, 1.165) is 48.1 Å². The molecule has 0 atom stereocenters. The molecule has 0 heterocycles. The van der Waals surface area contributed by atoms with Crippen molar-refractivity contribution in [2.24, 2.45) is 0 Å². The van der Waals surface area contributed by atoms with Crippen LogP contribution in [0.3, 0.4) is 0 Å². The van der Waals surface area contributed by atoms with Gasteiger partial charge in [0.15, 0.2) is 0 Å². The van der Waals surface area contributed by atoms with E-state index < -0.39 is 5.97 Å². The predicted octanol–water partition coefficient (Wildman–Crippen LogP) is 6.81. The number of nitrogens with zero attached hydrogens (tertiary/aromatic N) is 1. The van der Waals surface area contributed by atoms with Gasteiger partial charge in [0.1, 0.15) is 5.75 Å². The molecule has 2 aromatic rings. The van der Waals surface area contributed by atoms with Gasteiger partial charge in [0, 0.05) is 24.8 Å². The Hall–Kier alpha value is -3.48. The SMILES string of the molecule is CCCCCCCNC(=O)N(C)c1cccc(-c2ccc(/C=C(\OC)C(=O)OC)cc2OCCCC)c1. The lowest BCUT2D eigenvalue weighted by Crippen LogP contribution is -2.37. The van der Waals surface area contributed by atoms with E-state index in [-0.39, 0.29) is 11.8 Å². The van der Waals surface area contributed by atoms with Gasteiger partial charge in [-0.05, 0) is 48.2 Å². The molecule has 2 amide bonds. The monoisotopic (exact) mass is 510 g/mol. The van der Waals surface area contributed by atoms with Gasteiger partial charge >= 0.3 is 12.0 Å². The third-order valence-electron chi connectivity index (χ3n) is 6.07. The van der Waals surface area contributed by atoms with Crippen LogP contribution < -0.4 is 15.0 Å². The highest BCUT2D eigenvalue weighted by Gasteiger charge is 2.15.